The minimum atomic E-state index is -0.993. The number of hydrogen-bond acceptors (Lipinski definition) is 5. The Kier molecular flexibility index (Phi) is 7.64. The number of hydrogen-bond donors (Lipinski definition) is 2. The van der Waals surface area contributed by atoms with E-state index in [9.17, 15) is 14.7 Å². The monoisotopic (exact) mass is 501 g/mol. The number of aromatic nitrogens is 1. The van der Waals surface area contributed by atoms with Crippen LogP contribution in [-0.2, 0) is 10.3 Å². The number of benzene rings is 2. The molecular formula is C30H35N3O4. The predicted octanol–water partition coefficient (Wildman–Crippen LogP) is 5.46. The van der Waals surface area contributed by atoms with Gasteiger partial charge < -0.3 is 20.1 Å². The molecule has 3 aromatic rings. The van der Waals surface area contributed by atoms with E-state index in [4.69, 9.17) is 4.74 Å². The number of rotatable bonds is 8. The predicted molar refractivity (Wildman–Crippen MR) is 143 cm³/mol. The van der Waals surface area contributed by atoms with Gasteiger partial charge in [-0.2, -0.15) is 0 Å². The molecule has 0 spiro atoms. The fraction of sp³-hybridized carbons (Fsp3) is 0.367. The molecule has 1 saturated heterocycles. The number of cyclic esters (lactones) is 1. The molecule has 2 atom stereocenters. The standard InChI is InChI=1S/C30H35N3O4/c1-5-31-27(34)26-16-15-24(19-32-26)23-13-11-22(12-14-23)21(2)33-18-17-30(37-28(33)35,20-29(3,4)36)25-9-7-6-8-10-25/h6-16,19,21,36H,5,17-18,20H2,1-4H3,(H,31,34)/t21-,30?/m0/s1. The number of aliphatic hydroxyl groups is 1. The van der Waals surface area contributed by atoms with Gasteiger partial charge in [0.1, 0.15) is 11.3 Å². The third-order valence-electron chi connectivity index (χ3n) is 6.82. The minimum Gasteiger partial charge on any atom is -0.438 e. The maximum Gasteiger partial charge on any atom is 0.411 e. The number of carbonyl (C=O) groups excluding carboxylic acids is 2. The lowest BCUT2D eigenvalue weighted by molar-refractivity contribution is -0.101. The van der Waals surface area contributed by atoms with Crippen LogP contribution < -0.4 is 5.32 Å². The van der Waals surface area contributed by atoms with E-state index >= 15 is 0 Å². The van der Waals surface area contributed by atoms with Gasteiger partial charge in [0.2, 0.25) is 0 Å². The Morgan fingerprint density at radius 1 is 1.11 bits per heavy atom. The average molecular weight is 502 g/mol. The molecule has 7 nitrogen and oxygen atoms in total. The van der Waals surface area contributed by atoms with Crippen LogP contribution in [-0.4, -0.2) is 45.7 Å². The first-order valence-corrected chi connectivity index (χ1v) is 12.7. The summed E-state index contributed by atoms with van der Waals surface area (Å²) in [6.45, 7) is 8.41. The van der Waals surface area contributed by atoms with Gasteiger partial charge >= 0.3 is 6.09 Å². The van der Waals surface area contributed by atoms with Gasteiger partial charge in [0.05, 0.1) is 11.6 Å². The minimum absolute atomic E-state index is 0.185. The first-order chi connectivity index (χ1) is 17.6. The van der Waals surface area contributed by atoms with Gasteiger partial charge in [-0.25, -0.2) is 4.79 Å². The van der Waals surface area contributed by atoms with Crippen LogP contribution in [0.1, 0.15) is 68.2 Å². The largest absolute Gasteiger partial charge is 0.438 e. The van der Waals surface area contributed by atoms with Crippen molar-refractivity contribution in [3.05, 3.63) is 89.7 Å². The summed E-state index contributed by atoms with van der Waals surface area (Å²) in [6, 6.07) is 21.1. The highest BCUT2D eigenvalue weighted by molar-refractivity contribution is 5.92. The second-order valence-corrected chi connectivity index (χ2v) is 10.3. The number of nitrogens with zero attached hydrogens (tertiary/aromatic N) is 2. The fourth-order valence-corrected chi connectivity index (χ4v) is 4.98. The zero-order valence-corrected chi connectivity index (χ0v) is 21.9. The van der Waals surface area contributed by atoms with Crippen molar-refractivity contribution in [2.75, 3.05) is 13.1 Å². The van der Waals surface area contributed by atoms with Crippen molar-refractivity contribution in [3.63, 3.8) is 0 Å². The molecule has 0 radical (unpaired) electrons. The number of nitrogens with one attached hydrogen (secondary N) is 1. The van der Waals surface area contributed by atoms with Gasteiger partial charge in [0.15, 0.2) is 0 Å². The molecule has 2 N–H and O–H groups in total. The van der Waals surface area contributed by atoms with Crippen LogP contribution in [0.2, 0.25) is 0 Å². The normalized spacial score (nSPS) is 18.7. The maximum atomic E-state index is 13.3. The van der Waals surface area contributed by atoms with Gasteiger partial charge in [0, 0.05) is 37.7 Å². The molecule has 1 unspecified atom stereocenters. The van der Waals surface area contributed by atoms with Crippen molar-refractivity contribution in [2.45, 2.75) is 57.8 Å². The third-order valence-corrected chi connectivity index (χ3v) is 6.82. The molecule has 1 aliphatic heterocycles. The molecule has 1 fully saturated rings. The number of pyridine rings is 1. The summed E-state index contributed by atoms with van der Waals surface area (Å²) in [4.78, 5) is 31.3. The number of carbonyl (C=O) groups is 2. The molecule has 0 aliphatic carbocycles. The lowest BCUT2D eigenvalue weighted by Crippen LogP contribution is -2.51. The van der Waals surface area contributed by atoms with Gasteiger partial charge in [-0.15, -0.1) is 0 Å². The Balaban J connectivity index is 1.48. The van der Waals surface area contributed by atoms with E-state index in [1.54, 1.807) is 31.0 Å². The molecule has 2 amide bonds. The molecule has 1 aliphatic rings. The summed E-state index contributed by atoms with van der Waals surface area (Å²) in [5.74, 6) is -0.189. The maximum absolute atomic E-state index is 13.3. The zero-order valence-electron chi connectivity index (χ0n) is 21.9. The Morgan fingerprint density at radius 3 is 2.35 bits per heavy atom. The highest BCUT2D eigenvalue weighted by atomic mass is 16.6. The zero-order chi connectivity index (χ0) is 26.6. The summed E-state index contributed by atoms with van der Waals surface area (Å²) in [7, 11) is 0. The van der Waals surface area contributed by atoms with Gasteiger partial charge in [0.25, 0.3) is 5.91 Å². The average Bonchev–Trinajstić information content (AvgIpc) is 2.88. The van der Waals surface area contributed by atoms with Crippen molar-refractivity contribution in [1.82, 2.24) is 15.2 Å². The highest BCUT2D eigenvalue weighted by Crippen LogP contribution is 2.42. The van der Waals surface area contributed by atoms with Crippen molar-refractivity contribution >= 4 is 12.0 Å². The van der Waals surface area contributed by atoms with Crippen LogP contribution in [0.25, 0.3) is 11.1 Å². The van der Waals surface area contributed by atoms with E-state index < -0.39 is 11.2 Å². The van der Waals surface area contributed by atoms with Crippen molar-refractivity contribution in [3.8, 4) is 11.1 Å². The molecule has 194 valence electrons. The van der Waals surface area contributed by atoms with Crippen LogP contribution in [0.4, 0.5) is 4.79 Å². The highest BCUT2D eigenvalue weighted by Gasteiger charge is 2.46. The second-order valence-electron chi connectivity index (χ2n) is 10.3. The molecule has 2 aromatic carbocycles. The van der Waals surface area contributed by atoms with E-state index in [2.05, 4.69) is 10.3 Å². The quantitative estimate of drug-likeness (QED) is 0.428. The van der Waals surface area contributed by atoms with E-state index in [1.807, 2.05) is 74.5 Å². The van der Waals surface area contributed by atoms with Crippen molar-refractivity contribution in [2.24, 2.45) is 0 Å². The summed E-state index contributed by atoms with van der Waals surface area (Å²) in [5.41, 5.74) is 2.28. The topological polar surface area (TPSA) is 91.8 Å². The number of ether oxygens (including phenoxy) is 1. The summed E-state index contributed by atoms with van der Waals surface area (Å²) < 4.78 is 6.12. The van der Waals surface area contributed by atoms with Crippen LogP contribution in [0.3, 0.4) is 0 Å². The third kappa shape index (κ3) is 6.00. The lowest BCUT2D eigenvalue weighted by Gasteiger charge is -2.45. The SMILES string of the molecule is CCNC(=O)c1ccc(-c2ccc([C@H](C)N3CCC(CC(C)(C)O)(c4ccccc4)OC3=O)cc2)cn1. The fourth-order valence-electron chi connectivity index (χ4n) is 4.98. The molecular weight excluding hydrogens is 466 g/mol. The van der Waals surface area contributed by atoms with Gasteiger partial charge in [-0.1, -0.05) is 60.7 Å². The van der Waals surface area contributed by atoms with Crippen LogP contribution in [0, 0.1) is 0 Å². The van der Waals surface area contributed by atoms with E-state index in [0.29, 0.717) is 31.6 Å². The Labute approximate surface area is 218 Å². The summed E-state index contributed by atoms with van der Waals surface area (Å²) in [5, 5.41) is 13.3. The first-order valence-electron chi connectivity index (χ1n) is 12.7. The van der Waals surface area contributed by atoms with Crippen LogP contribution >= 0.6 is 0 Å². The Bertz CT molecular complexity index is 1220. The lowest BCUT2D eigenvalue weighted by atomic mass is 9.80. The molecule has 37 heavy (non-hydrogen) atoms. The molecule has 0 saturated carbocycles. The summed E-state index contributed by atoms with van der Waals surface area (Å²) in [6.07, 6.45) is 2.20. The number of amides is 2. The smallest absolute Gasteiger partial charge is 0.411 e. The first kappa shape index (κ1) is 26.4. The second kappa shape index (κ2) is 10.7. The van der Waals surface area contributed by atoms with E-state index in [0.717, 1.165) is 22.3 Å². The van der Waals surface area contributed by atoms with E-state index in [-0.39, 0.29) is 18.0 Å². The molecule has 1 aromatic heterocycles. The molecule has 2 heterocycles. The van der Waals surface area contributed by atoms with Crippen LogP contribution in [0.5, 0.6) is 0 Å². The molecule has 4 rings (SSSR count). The van der Waals surface area contributed by atoms with Crippen molar-refractivity contribution in [1.29, 1.82) is 0 Å². The van der Waals surface area contributed by atoms with Crippen molar-refractivity contribution < 1.29 is 19.4 Å². The van der Waals surface area contributed by atoms with Gasteiger partial charge in [-0.05, 0) is 50.5 Å². The van der Waals surface area contributed by atoms with Crippen LogP contribution in [0.15, 0.2) is 72.9 Å². The molecule has 7 heteroatoms. The van der Waals surface area contributed by atoms with E-state index in [1.165, 1.54) is 0 Å². The Hall–Kier alpha value is -3.71. The molecule has 0 bridgehead atoms. The van der Waals surface area contributed by atoms with Gasteiger partial charge in [-0.3, -0.25) is 9.78 Å². The Morgan fingerprint density at radius 2 is 1.78 bits per heavy atom. The summed E-state index contributed by atoms with van der Waals surface area (Å²) >= 11 is 0.